The average Bonchev–Trinajstić information content (AvgIpc) is 2.80. The Morgan fingerprint density at radius 1 is 0.750 bits per heavy atom. The molecule has 3 fully saturated rings. The Morgan fingerprint density at radius 2 is 1.31 bits per heavy atom. The van der Waals surface area contributed by atoms with E-state index in [0.29, 0.717) is 5.92 Å². The minimum Gasteiger partial charge on any atom is -0.320 e. The maximum Gasteiger partial charge on any atom is 0.356 e. The molecule has 0 bridgehead atoms. The lowest BCUT2D eigenvalue weighted by molar-refractivity contribution is -0.256. The summed E-state index contributed by atoms with van der Waals surface area (Å²) >= 11 is 0. The zero-order valence-electron chi connectivity index (χ0n) is 21.0. The highest BCUT2D eigenvalue weighted by molar-refractivity contribution is 4.91. The third-order valence-corrected chi connectivity index (χ3v) is 9.08. The van der Waals surface area contributed by atoms with Crippen LogP contribution in [0, 0.1) is 35.5 Å². The lowest BCUT2D eigenvalue weighted by atomic mass is 9.69. The van der Waals surface area contributed by atoms with Gasteiger partial charge in [0.1, 0.15) is 0 Å². The van der Waals surface area contributed by atoms with Crippen LogP contribution in [0.2, 0.25) is 0 Å². The normalized spacial score (nSPS) is 34.8. The van der Waals surface area contributed by atoms with E-state index in [9.17, 15) is 8.78 Å². The number of halogens is 2. The van der Waals surface area contributed by atoms with Crippen molar-refractivity contribution in [3.63, 3.8) is 0 Å². The van der Waals surface area contributed by atoms with Crippen molar-refractivity contribution in [2.24, 2.45) is 35.5 Å². The summed E-state index contributed by atoms with van der Waals surface area (Å²) in [5.74, 6) is 3.71. The molecule has 1 nitrogen and oxygen atoms in total. The fourth-order valence-corrected chi connectivity index (χ4v) is 6.95. The molecule has 0 aromatic heterocycles. The molecule has 0 saturated heterocycles. The molecule has 3 aliphatic rings. The predicted molar refractivity (Wildman–Crippen MR) is 131 cm³/mol. The number of alkyl halides is 2. The van der Waals surface area contributed by atoms with Gasteiger partial charge in [-0.1, -0.05) is 57.6 Å². The molecule has 0 aromatic carbocycles. The second kappa shape index (κ2) is 13.4. The van der Waals surface area contributed by atoms with E-state index >= 15 is 0 Å². The number of hydrogen-bond donors (Lipinski definition) is 0. The van der Waals surface area contributed by atoms with Gasteiger partial charge in [-0.3, -0.25) is 0 Å². The molecule has 0 amide bonds. The molecule has 3 rings (SSSR count). The van der Waals surface area contributed by atoms with E-state index in [2.05, 4.69) is 26.0 Å². The molecule has 0 aliphatic heterocycles. The third-order valence-electron chi connectivity index (χ3n) is 9.08. The molecule has 3 heteroatoms. The Bertz CT molecular complexity index is 521. The predicted octanol–water partition coefficient (Wildman–Crippen LogP) is 9.56. The molecule has 3 saturated carbocycles. The van der Waals surface area contributed by atoms with E-state index < -0.39 is 6.11 Å². The highest BCUT2D eigenvalue weighted by Crippen LogP contribution is 2.44. The number of rotatable bonds is 11. The molecule has 0 radical (unpaired) electrons. The number of allylic oxidation sites excluding steroid dienone is 2. The fourth-order valence-electron chi connectivity index (χ4n) is 6.95. The molecule has 0 spiro atoms. The van der Waals surface area contributed by atoms with Crippen molar-refractivity contribution in [1.29, 1.82) is 0 Å². The molecule has 0 aromatic rings. The Balaban J connectivity index is 1.29. The molecule has 32 heavy (non-hydrogen) atoms. The first-order valence-electron chi connectivity index (χ1n) is 14.1. The largest absolute Gasteiger partial charge is 0.356 e. The monoisotopic (exact) mass is 452 g/mol. The summed E-state index contributed by atoms with van der Waals surface area (Å²) in [7, 11) is 0. The van der Waals surface area contributed by atoms with E-state index in [1.165, 1.54) is 64.2 Å². The summed E-state index contributed by atoms with van der Waals surface area (Å²) in [4.78, 5) is 0. The van der Waals surface area contributed by atoms with Crippen molar-refractivity contribution in [2.45, 2.75) is 129 Å². The van der Waals surface area contributed by atoms with Crippen LogP contribution >= 0.6 is 0 Å². The quantitative estimate of drug-likeness (QED) is 0.224. The number of hydrogen-bond acceptors (Lipinski definition) is 1. The second-order valence-electron chi connectivity index (χ2n) is 11.5. The standard InChI is InChI=1S/C29H50F2O/c1-3-5-6-8-24-9-11-26(12-10-24)22-32-29(30,31)21-25-15-19-28(20-16-25)27-17-13-23(7-4-2)14-18-27/h4,7,23-28H,3,5-6,8-22H2,1-2H3/b7-4+. The minimum atomic E-state index is -2.93. The zero-order chi connectivity index (χ0) is 22.8. The Hall–Kier alpha value is -0.440. The molecule has 186 valence electrons. The summed E-state index contributed by atoms with van der Waals surface area (Å²) in [6.45, 7) is 4.63. The van der Waals surface area contributed by atoms with Gasteiger partial charge in [-0.15, -0.1) is 0 Å². The lowest BCUT2D eigenvalue weighted by Gasteiger charge is -2.38. The van der Waals surface area contributed by atoms with Crippen LogP contribution in [0.4, 0.5) is 8.78 Å². The molecule has 0 N–H and O–H groups in total. The van der Waals surface area contributed by atoms with Gasteiger partial charge in [0, 0.05) is 6.42 Å². The molecule has 0 unspecified atom stereocenters. The van der Waals surface area contributed by atoms with Gasteiger partial charge in [-0.25, -0.2) is 0 Å². The van der Waals surface area contributed by atoms with Gasteiger partial charge in [0.15, 0.2) is 0 Å². The van der Waals surface area contributed by atoms with Crippen molar-refractivity contribution in [1.82, 2.24) is 0 Å². The Morgan fingerprint density at radius 3 is 1.91 bits per heavy atom. The first-order chi connectivity index (χ1) is 15.5. The van der Waals surface area contributed by atoms with E-state index in [1.54, 1.807) is 0 Å². The Labute approximate surface area is 197 Å². The third kappa shape index (κ3) is 8.73. The molecular formula is C29H50F2O. The average molecular weight is 453 g/mol. The van der Waals surface area contributed by atoms with E-state index in [0.717, 1.165) is 62.2 Å². The Kier molecular flexibility index (Phi) is 11.0. The summed E-state index contributed by atoms with van der Waals surface area (Å²) in [5.41, 5.74) is 0. The number of ether oxygens (including phenoxy) is 1. The zero-order valence-corrected chi connectivity index (χ0v) is 21.0. The topological polar surface area (TPSA) is 9.23 Å². The highest BCUT2D eigenvalue weighted by atomic mass is 19.3. The van der Waals surface area contributed by atoms with E-state index in [1.807, 2.05) is 0 Å². The first kappa shape index (κ1) is 26.2. The smallest absolute Gasteiger partial charge is 0.320 e. The first-order valence-corrected chi connectivity index (χ1v) is 14.1. The minimum absolute atomic E-state index is 0.0554. The molecule has 0 heterocycles. The SMILES string of the molecule is C/C=C/C1CCC(C2CCC(CC(F)(F)OCC3CCC(CCCCC)CC3)CC2)CC1. The molecule has 3 aliphatic carbocycles. The van der Waals surface area contributed by atoms with Gasteiger partial charge in [0.2, 0.25) is 0 Å². The van der Waals surface area contributed by atoms with Gasteiger partial charge in [-0.05, 0) is 107 Å². The summed E-state index contributed by atoms with van der Waals surface area (Å²) in [6.07, 6.45) is 21.0. The van der Waals surface area contributed by atoms with Crippen molar-refractivity contribution < 1.29 is 13.5 Å². The fraction of sp³-hybridized carbons (Fsp3) is 0.931. The summed E-state index contributed by atoms with van der Waals surface area (Å²) in [5, 5.41) is 0. The van der Waals surface area contributed by atoms with E-state index in [4.69, 9.17) is 4.74 Å². The van der Waals surface area contributed by atoms with Crippen LogP contribution in [0.5, 0.6) is 0 Å². The maximum absolute atomic E-state index is 14.6. The van der Waals surface area contributed by atoms with Crippen LogP contribution < -0.4 is 0 Å². The number of unbranched alkanes of at least 4 members (excludes halogenated alkanes) is 2. The van der Waals surface area contributed by atoms with Gasteiger partial charge in [0.25, 0.3) is 0 Å². The van der Waals surface area contributed by atoms with Gasteiger partial charge in [0.05, 0.1) is 6.61 Å². The van der Waals surface area contributed by atoms with Crippen LogP contribution in [-0.4, -0.2) is 12.7 Å². The van der Waals surface area contributed by atoms with Crippen molar-refractivity contribution >= 4 is 0 Å². The molecule has 0 atom stereocenters. The summed E-state index contributed by atoms with van der Waals surface area (Å²) in [6, 6.07) is 0. The van der Waals surface area contributed by atoms with Crippen LogP contribution in [0.1, 0.15) is 123 Å². The van der Waals surface area contributed by atoms with Crippen LogP contribution in [-0.2, 0) is 4.74 Å². The van der Waals surface area contributed by atoms with Gasteiger partial charge >= 0.3 is 6.11 Å². The maximum atomic E-state index is 14.6. The second-order valence-corrected chi connectivity index (χ2v) is 11.5. The van der Waals surface area contributed by atoms with Crippen LogP contribution in [0.15, 0.2) is 12.2 Å². The van der Waals surface area contributed by atoms with Crippen molar-refractivity contribution in [3.05, 3.63) is 12.2 Å². The van der Waals surface area contributed by atoms with Crippen molar-refractivity contribution in [2.75, 3.05) is 6.61 Å². The van der Waals surface area contributed by atoms with Crippen LogP contribution in [0.3, 0.4) is 0 Å². The van der Waals surface area contributed by atoms with Crippen molar-refractivity contribution in [3.8, 4) is 0 Å². The lowest BCUT2D eigenvalue weighted by Crippen LogP contribution is -2.31. The highest BCUT2D eigenvalue weighted by Gasteiger charge is 2.38. The van der Waals surface area contributed by atoms with E-state index in [-0.39, 0.29) is 18.9 Å². The van der Waals surface area contributed by atoms with Gasteiger partial charge < -0.3 is 4.74 Å². The van der Waals surface area contributed by atoms with Crippen LogP contribution in [0.25, 0.3) is 0 Å². The molecular weight excluding hydrogens is 402 g/mol. The summed E-state index contributed by atoms with van der Waals surface area (Å²) < 4.78 is 34.4. The van der Waals surface area contributed by atoms with Gasteiger partial charge in [-0.2, -0.15) is 8.78 Å².